The van der Waals surface area contributed by atoms with Gasteiger partial charge in [0.05, 0.1) is 22.3 Å². The zero-order valence-electron chi connectivity index (χ0n) is 20.6. The quantitative estimate of drug-likeness (QED) is 0.412. The van der Waals surface area contributed by atoms with Crippen molar-refractivity contribution in [2.45, 2.75) is 58.2 Å². The minimum atomic E-state index is -0.132. The van der Waals surface area contributed by atoms with Gasteiger partial charge in [0.2, 0.25) is 11.7 Å². The minimum absolute atomic E-state index is 0.00470. The van der Waals surface area contributed by atoms with Gasteiger partial charge in [0.1, 0.15) is 0 Å². The van der Waals surface area contributed by atoms with Crippen LogP contribution in [0.5, 0.6) is 0 Å². The van der Waals surface area contributed by atoms with Crippen LogP contribution in [0.25, 0.3) is 22.4 Å². The van der Waals surface area contributed by atoms with Crippen molar-refractivity contribution in [2.24, 2.45) is 11.8 Å². The summed E-state index contributed by atoms with van der Waals surface area (Å²) in [5.74, 6) is 1.79. The SMILES string of the molecule is Cc1cccc(C)c1-n1c(=O)c2ccccc2n2c(SCC(=O)NC3CCCC(C)C3C)nnc12. The highest BCUT2D eigenvalue weighted by molar-refractivity contribution is 7.99. The summed E-state index contributed by atoms with van der Waals surface area (Å²) in [4.78, 5) is 26.5. The van der Waals surface area contributed by atoms with Crippen molar-refractivity contribution < 1.29 is 4.79 Å². The molecule has 1 amide bonds. The fourth-order valence-electron chi connectivity index (χ4n) is 5.30. The minimum Gasteiger partial charge on any atom is -0.352 e. The molecule has 0 bridgehead atoms. The Balaban J connectivity index is 1.53. The number of aryl methyl sites for hydroxylation is 2. The molecule has 0 aliphatic heterocycles. The van der Waals surface area contributed by atoms with Crippen LogP contribution < -0.4 is 10.9 Å². The molecule has 7 nitrogen and oxygen atoms in total. The third-order valence-electron chi connectivity index (χ3n) is 7.44. The van der Waals surface area contributed by atoms with Crippen LogP contribution in [-0.2, 0) is 4.79 Å². The summed E-state index contributed by atoms with van der Waals surface area (Å²) in [5, 5.41) is 13.3. The normalized spacial score (nSPS) is 20.4. The van der Waals surface area contributed by atoms with Gasteiger partial charge in [0, 0.05) is 6.04 Å². The number of carbonyl (C=O) groups is 1. The molecule has 0 saturated heterocycles. The first-order chi connectivity index (χ1) is 16.9. The van der Waals surface area contributed by atoms with Crippen LogP contribution in [0.1, 0.15) is 44.2 Å². The molecule has 1 aliphatic rings. The molecule has 1 aliphatic carbocycles. The summed E-state index contributed by atoms with van der Waals surface area (Å²) in [7, 11) is 0. The zero-order valence-corrected chi connectivity index (χ0v) is 21.4. The third kappa shape index (κ3) is 4.24. The average molecular weight is 490 g/mol. The van der Waals surface area contributed by atoms with E-state index >= 15 is 0 Å². The van der Waals surface area contributed by atoms with Gasteiger partial charge in [-0.2, -0.15) is 0 Å². The van der Waals surface area contributed by atoms with Crippen molar-refractivity contribution >= 4 is 34.3 Å². The molecule has 3 unspecified atom stereocenters. The van der Waals surface area contributed by atoms with Crippen LogP contribution in [0.3, 0.4) is 0 Å². The van der Waals surface area contributed by atoms with Crippen LogP contribution >= 0.6 is 11.8 Å². The van der Waals surface area contributed by atoms with E-state index in [1.165, 1.54) is 18.2 Å². The lowest BCUT2D eigenvalue weighted by atomic mass is 9.78. The molecule has 8 heteroatoms. The molecule has 0 radical (unpaired) electrons. The van der Waals surface area contributed by atoms with Crippen molar-refractivity contribution in [2.75, 3.05) is 5.75 Å². The van der Waals surface area contributed by atoms with Crippen LogP contribution in [-0.4, -0.2) is 36.9 Å². The van der Waals surface area contributed by atoms with Gasteiger partial charge in [-0.25, -0.2) is 4.57 Å². The molecular weight excluding hydrogens is 458 g/mol. The number of rotatable bonds is 5. The number of para-hydroxylation sites is 2. The Labute approximate surface area is 208 Å². The molecule has 182 valence electrons. The second-order valence-electron chi connectivity index (χ2n) is 9.75. The summed E-state index contributed by atoms with van der Waals surface area (Å²) >= 11 is 1.35. The number of amides is 1. The van der Waals surface area contributed by atoms with E-state index in [0.29, 0.717) is 28.2 Å². The second-order valence-corrected chi connectivity index (χ2v) is 10.7. The van der Waals surface area contributed by atoms with Gasteiger partial charge in [-0.15, -0.1) is 10.2 Å². The number of nitrogens with one attached hydrogen (secondary N) is 1. The molecule has 4 aromatic rings. The van der Waals surface area contributed by atoms with Crippen molar-refractivity contribution in [1.82, 2.24) is 24.5 Å². The smallest absolute Gasteiger partial charge is 0.267 e. The highest BCUT2D eigenvalue weighted by atomic mass is 32.2. The highest BCUT2D eigenvalue weighted by Crippen LogP contribution is 2.30. The summed E-state index contributed by atoms with van der Waals surface area (Å²) in [6, 6.07) is 13.7. The second kappa shape index (κ2) is 9.49. The summed E-state index contributed by atoms with van der Waals surface area (Å²) in [5.41, 5.74) is 3.38. The van der Waals surface area contributed by atoms with Crippen LogP contribution in [0.15, 0.2) is 52.4 Å². The lowest BCUT2D eigenvalue weighted by molar-refractivity contribution is -0.120. The van der Waals surface area contributed by atoms with E-state index < -0.39 is 0 Å². The molecule has 5 rings (SSSR count). The Morgan fingerprint density at radius 3 is 2.57 bits per heavy atom. The van der Waals surface area contributed by atoms with E-state index in [2.05, 4.69) is 29.4 Å². The van der Waals surface area contributed by atoms with E-state index in [4.69, 9.17) is 0 Å². The van der Waals surface area contributed by atoms with Gasteiger partial charge in [-0.05, 0) is 55.4 Å². The summed E-state index contributed by atoms with van der Waals surface area (Å²) < 4.78 is 3.54. The van der Waals surface area contributed by atoms with Crippen molar-refractivity contribution in [3.63, 3.8) is 0 Å². The maximum absolute atomic E-state index is 13.6. The monoisotopic (exact) mass is 489 g/mol. The van der Waals surface area contributed by atoms with Gasteiger partial charge in [0.15, 0.2) is 5.16 Å². The number of carbonyl (C=O) groups excluding carboxylic acids is 1. The molecular formula is C27H31N5O2S. The molecule has 2 aromatic carbocycles. The van der Waals surface area contributed by atoms with E-state index in [1.54, 1.807) is 4.57 Å². The molecule has 1 fully saturated rings. The first kappa shape index (κ1) is 23.6. The van der Waals surface area contributed by atoms with Gasteiger partial charge in [-0.3, -0.25) is 14.0 Å². The largest absolute Gasteiger partial charge is 0.352 e. The number of aromatic nitrogens is 4. The topological polar surface area (TPSA) is 81.3 Å². The Hall–Kier alpha value is -3.13. The standard InChI is InChI=1S/C27H31N5O2S/c1-16-9-8-13-21(19(16)4)28-23(33)15-35-27-30-29-26-31(27)22-14-6-5-12-20(22)25(34)32(26)24-17(2)10-7-11-18(24)3/h5-7,10-12,14,16,19,21H,8-9,13,15H2,1-4H3,(H,28,33). The molecule has 35 heavy (non-hydrogen) atoms. The highest BCUT2D eigenvalue weighted by Gasteiger charge is 2.28. The number of benzene rings is 2. The zero-order chi connectivity index (χ0) is 24.7. The first-order valence-electron chi connectivity index (χ1n) is 12.2. The van der Waals surface area contributed by atoms with E-state index in [9.17, 15) is 9.59 Å². The molecule has 1 N–H and O–H groups in total. The summed E-state index contributed by atoms with van der Waals surface area (Å²) in [6.45, 7) is 8.47. The van der Waals surface area contributed by atoms with Crippen LogP contribution in [0, 0.1) is 25.7 Å². The Morgan fingerprint density at radius 2 is 1.80 bits per heavy atom. The average Bonchev–Trinajstić information content (AvgIpc) is 3.26. The Morgan fingerprint density at radius 1 is 1.06 bits per heavy atom. The van der Waals surface area contributed by atoms with E-state index in [-0.39, 0.29) is 23.3 Å². The number of hydrogen-bond donors (Lipinski definition) is 1. The van der Waals surface area contributed by atoms with E-state index in [0.717, 1.165) is 35.2 Å². The Bertz CT molecular complexity index is 1450. The molecule has 0 spiro atoms. The number of nitrogens with zero attached hydrogens (tertiary/aromatic N) is 4. The lowest BCUT2D eigenvalue weighted by Crippen LogP contribution is -2.44. The van der Waals surface area contributed by atoms with Gasteiger partial charge < -0.3 is 5.32 Å². The number of fused-ring (bicyclic) bond motifs is 3. The molecule has 1 saturated carbocycles. The number of hydrogen-bond acceptors (Lipinski definition) is 5. The fraction of sp³-hybridized carbons (Fsp3) is 0.407. The van der Waals surface area contributed by atoms with E-state index in [1.807, 2.05) is 60.7 Å². The predicted octanol–water partition coefficient (Wildman–Crippen LogP) is 4.68. The number of thioether (sulfide) groups is 1. The third-order valence-corrected chi connectivity index (χ3v) is 8.37. The molecule has 3 atom stereocenters. The Kier molecular flexibility index (Phi) is 6.40. The maximum Gasteiger partial charge on any atom is 0.267 e. The van der Waals surface area contributed by atoms with Crippen molar-refractivity contribution in [3.05, 3.63) is 63.9 Å². The van der Waals surface area contributed by atoms with Crippen LogP contribution in [0.2, 0.25) is 0 Å². The first-order valence-corrected chi connectivity index (χ1v) is 13.2. The molecule has 2 heterocycles. The lowest BCUT2D eigenvalue weighted by Gasteiger charge is -2.34. The van der Waals surface area contributed by atoms with Gasteiger partial charge >= 0.3 is 0 Å². The summed E-state index contributed by atoms with van der Waals surface area (Å²) in [6.07, 6.45) is 3.41. The van der Waals surface area contributed by atoms with Crippen molar-refractivity contribution in [3.8, 4) is 5.69 Å². The maximum atomic E-state index is 13.6. The fourth-order valence-corrected chi connectivity index (χ4v) is 6.05. The van der Waals surface area contributed by atoms with Crippen LogP contribution in [0.4, 0.5) is 0 Å². The molecule has 2 aromatic heterocycles. The van der Waals surface area contributed by atoms with Crippen molar-refractivity contribution in [1.29, 1.82) is 0 Å². The van der Waals surface area contributed by atoms with Gasteiger partial charge in [-0.1, -0.05) is 68.8 Å². The van der Waals surface area contributed by atoms with Gasteiger partial charge in [0.25, 0.3) is 5.56 Å². The predicted molar refractivity (Wildman–Crippen MR) is 140 cm³/mol.